The zero-order valence-electron chi connectivity index (χ0n) is 11.4. The van der Waals surface area contributed by atoms with E-state index < -0.39 is 0 Å². The number of hydrogen-bond acceptors (Lipinski definition) is 1. The van der Waals surface area contributed by atoms with E-state index in [1.54, 1.807) is 0 Å². The molecule has 1 nitrogen and oxygen atoms in total. The lowest BCUT2D eigenvalue weighted by atomic mass is 9.70. The van der Waals surface area contributed by atoms with Gasteiger partial charge in [0, 0.05) is 0 Å². The summed E-state index contributed by atoms with van der Waals surface area (Å²) in [6.07, 6.45) is 6.05. The first-order valence-corrected chi connectivity index (χ1v) is 7.10. The molecule has 3 atom stereocenters. The highest BCUT2D eigenvalue weighted by Gasteiger charge is 2.51. The van der Waals surface area contributed by atoms with Crippen LogP contribution in [0, 0.1) is 42.4 Å². The van der Waals surface area contributed by atoms with Gasteiger partial charge in [0.2, 0.25) is 0 Å². The predicted molar refractivity (Wildman–Crippen MR) is 73.1 cm³/mol. The third kappa shape index (κ3) is 1.75. The lowest BCUT2D eigenvalue weighted by Gasteiger charge is -2.31. The number of rotatable bonds is 2. The van der Waals surface area contributed by atoms with Crippen LogP contribution in [0.1, 0.15) is 42.4 Å². The Kier molecular flexibility index (Phi) is 2.70. The Hall–Kier alpha value is -1.29. The summed E-state index contributed by atoms with van der Waals surface area (Å²) in [5.74, 6) is 1.50. The van der Waals surface area contributed by atoms with Crippen LogP contribution in [0.3, 0.4) is 0 Å². The van der Waals surface area contributed by atoms with Gasteiger partial charge in [-0.05, 0) is 68.1 Å². The van der Waals surface area contributed by atoms with Crippen molar-refractivity contribution in [2.75, 3.05) is 0 Å². The van der Waals surface area contributed by atoms with Gasteiger partial charge in [-0.1, -0.05) is 24.6 Å². The summed E-state index contributed by atoms with van der Waals surface area (Å²) >= 11 is 0. The summed E-state index contributed by atoms with van der Waals surface area (Å²) in [6.45, 7) is 4.31. The Balaban J connectivity index is 1.87. The van der Waals surface area contributed by atoms with Crippen molar-refractivity contribution in [1.82, 2.24) is 0 Å². The Morgan fingerprint density at radius 2 is 2.11 bits per heavy atom. The van der Waals surface area contributed by atoms with E-state index in [0.717, 1.165) is 18.8 Å². The minimum atomic E-state index is -0.0510. The van der Waals surface area contributed by atoms with Crippen LogP contribution >= 0.6 is 0 Å². The molecule has 2 saturated carbocycles. The molecule has 3 unspecified atom stereocenters. The fourth-order valence-corrected chi connectivity index (χ4v) is 4.11. The maximum absolute atomic E-state index is 9.67. The number of fused-ring (bicyclic) bond motifs is 2. The maximum Gasteiger partial charge on any atom is 0.0696 e. The minimum Gasteiger partial charge on any atom is -0.198 e. The standard InChI is InChI=1S/C17H21N/c1-12-3-4-14(7-13(12)2)9-17(11-18)10-15-5-6-16(17)8-15/h3-4,7,15-16H,5-6,8-10H2,1-2H3. The van der Waals surface area contributed by atoms with Crippen molar-refractivity contribution in [2.45, 2.75) is 46.0 Å². The molecule has 2 aliphatic rings. The van der Waals surface area contributed by atoms with Crippen molar-refractivity contribution in [3.63, 3.8) is 0 Å². The van der Waals surface area contributed by atoms with Gasteiger partial charge in [0.25, 0.3) is 0 Å². The largest absolute Gasteiger partial charge is 0.198 e. The smallest absolute Gasteiger partial charge is 0.0696 e. The SMILES string of the molecule is Cc1ccc(CC2(C#N)CC3CCC2C3)cc1C. The first-order chi connectivity index (χ1) is 8.63. The monoisotopic (exact) mass is 239 g/mol. The molecule has 3 rings (SSSR count). The van der Waals surface area contributed by atoms with Crippen molar-refractivity contribution in [3.8, 4) is 6.07 Å². The Labute approximate surface area is 110 Å². The van der Waals surface area contributed by atoms with Gasteiger partial charge in [0.1, 0.15) is 0 Å². The van der Waals surface area contributed by atoms with Crippen LogP contribution in [0.5, 0.6) is 0 Å². The van der Waals surface area contributed by atoms with Crippen molar-refractivity contribution in [1.29, 1.82) is 5.26 Å². The van der Waals surface area contributed by atoms with Crippen LogP contribution in [0.2, 0.25) is 0 Å². The Morgan fingerprint density at radius 1 is 1.28 bits per heavy atom. The van der Waals surface area contributed by atoms with Crippen molar-refractivity contribution >= 4 is 0 Å². The van der Waals surface area contributed by atoms with Crippen LogP contribution in [0.4, 0.5) is 0 Å². The number of benzene rings is 1. The second-order valence-electron chi connectivity index (χ2n) is 6.44. The second kappa shape index (κ2) is 4.12. The molecule has 0 aromatic heterocycles. The van der Waals surface area contributed by atoms with E-state index >= 15 is 0 Å². The molecule has 0 aliphatic heterocycles. The zero-order chi connectivity index (χ0) is 12.8. The molecule has 18 heavy (non-hydrogen) atoms. The Morgan fingerprint density at radius 3 is 2.67 bits per heavy atom. The Bertz CT molecular complexity index is 511. The van der Waals surface area contributed by atoms with Gasteiger partial charge in [0.05, 0.1) is 11.5 Å². The first kappa shape index (κ1) is 11.8. The van der Waals surface area contributed by atoms with Crippen molar-refractivity contribution in [3.05, 3.63) is 34.9 Å². The van der Waals surface area contributed by atoms with E-state index in [1.165, 1.54) is 36.0 Å². The quantitative estimate of drug-likeness (QED) is 0.759. The molecule has 94 valence electrons. The molecule has 2 fully saturated rings. The summed E-state index contributed by atoms with van der Waals surface area (Å²) in [7, 11) is 0. The zero-order valence-corrected chi connectivity index (χ0v) is 11.4. The highest BCUT2D eigenvalue weighted by atomic mass is 14.6. The molecular formula is C17H21N. The van der Waals surface area contributed by atoms with Crippen LogP contribution in [-0.4, -0.2) is 0 Å². The van der Waals surface area contributed by atoms with Crippen LogP contribution in [-0.2, 0) is 6.42 Å². The molecule has 0 saturated heterocycles. The summed E-state index contributed by atoms with van der Waals surface area (Å²) in [5, 5.41) is 9.67. The maximum atomic E-state index is 9.67. The van der Waals surface area contributed by atoms with E-state index in [-0.39, 0.29) is 5.41 Å². The molecule has 1 aromatic rings. The summed E-state index contributed by atoms with van der Waals surface area (Å²) in [4.78, 5) is 0. The third-order valence-electron chi connectivity index (χ3n) is 5.29. The number of nitriles is 1. The first-order valence-electron chi connectivity index (χ1n) is 7.10. The molecule has 0 radical (unpaired) electrons. The van der Waals surface area contributed by atoms with Gasteiger partial charge in [-0.25, -0.2) is 0 Å². The average Bonchev–Trinajstić information content (AvgIpc) is 2.94. The van der Waals surface area contributed by atoms with Crippen LogP contribution < -0.4 is 0 Å². The summed E-state index contributed by atoms with van der Waals surface area (Å²) in [5.41, 5.74) is 4.00. The van der Waals surface area contributed by atoms with Crippen LogP contribution in [0.15, 0.2) is 18.2 Å². The van der Waals surface area contributed by atoms with Gasteiger partial charge >= 0.3 is 0 Å². The molecule has 0 N–H and O–H groups in total. The highest BCUT2D eigenvalue weighted by Crippen LogP contribution is 2.57. The normalized spacial score (nSPS) is 33.6. The predicted octanol–water partition coefficient (Wildman–Crippen LogP) is 4.18. The van der Waals surface area contributed by atoms with E-state index in [1.807, 2.05) is 0 Å². The average molecular weight is 239 g/mol. The molecule has 1 heteroatoms. The summed E-state index contributed by atoms with van der Waals surface area (Å²) < 4.78 is 0. The fourth-order valence-electron chi connectivity index (χ4n) is 4.11. The molecule has 2 aliphatic carbocycles. The molecular weight excluding hydrogens is 218 g/mol. The second-order valence-corrected chi connectivity index (χ2v) is 6.44. The van der Waals surface area contributed by atoms with Crippen molar-refractivity contribution in [2.24, 2.45) is 17.3 Å². The lowest BCUT2D eigenvalue weighted by molar-refractivity contribution is 0.239. The molecule has 0 heterocycles. The van der Waals surface area contributed by atoms with E-state index in [9.17, 15) is 5.26 Å². The summed E-state index contributed by atoms with van der Waals surface area (Å²) in [6, 6.07) is 9.38. The van der Waals surface area contributed by atoms with E-state index in [4.69, 9.17) is 0 Å². The lowest BCUT2D eigenvalue weighted by Crippen LogP contribution is -2.28. The molecule has 0 spiro atoms. The topological polar surface area (TPSA) is 23.8 Å². The van der Waals surface area contributed by atoms with Gasteiger partial charge in [-0.15, -0.1) is 0 Å². The molecule has 1 aromatic carbocycles. The minimum absolute atomic E-state index is 0.0510. The van der Waals surface area contributed by atoms with E-state index in [2.05, 4.69) is 38.1 Å². The van der Waals surface area contributed by atoms with Gasteiger partial charge in [0.15, 0.2) is 0 Å². The fraction of sp³-hybridized carbons (Fsp3) is 0.588. The van der Waals surface area contributed by atoms with Gasteiger partial charge in [-0.2, -0.15) is 5.26 Å². The van der Waals surface area contributed by atoms with Gasteiger partial charge < -0.3 is 0 Å². The number of aryl methyl sites for hydroxylation is 2. The molecule has 2 bridgehead atoms. The number of nitrogens with zero attached hydrogens (tertiary/aromatic N) is 1. The van der Waals surface area contributed by atoms with Crippen molar-refractivity contribution < 1.29 is 0 Å². The number of hydrogen-bond donors (Lipinski definition) is 0. The van der Waals surface area contributed by atoms with E-state index in [0.29, 0.717) is 5.92 Å². The van der Waals surface area contributed by atoms with Gasteiger partial charge in [-0.3, -0.25) is 0 Å². The molecule has 0 amide bonds. The third-order valence-corrected chi connectivity index (χ3v) is 5.29. The van der Waals surface area contributed by atoms with Crippen LogP contribution in [0.25, 0.3) is 0 Å². The highest BCUT2D eigenvalue weighted by molar-refractivity contribution is 5.32.